The van der Waals surface area contributed by atoms with Crippen LogP contribution >= 0.6 is 7.82 Å². The number of hydrogen-bond donors (Lipinski definition) is 2. The number of unbranched alkanes of at least 4 members (excludes halogenated alkanes) is 18. The van der Waals surface area contributed by atoms with E-state index in [2.05, 4.69) is 26.0 Å². The number of allylic oxidation sites excluding steroid dienone is 2. The average Bonchev–Trinajstić information content (AvgIpc) is 3.00. The summed E-state index contributed by atoms with van der Waals surface area (Å²) in [6, 6.07) is 0. The van der Waals surface area contributed by atoms with Crippen LogP contribution in [0.3, 0.4) is 0 Å². The zero-order chi connectivity index (χ0) is 32.6. The Morgan fingerprint density at radius 1 is 0.659 bits per heavy atom. The predicted octanol–water partition coefficient (Wildman–Crippen LogP) is 9.10. The molecule has 10 heteroatoms. The molecule has 2 atom stereocenters. The maximum Gasteiger partial charge on any atom is 0.472 e. The van der Waals surface area contributed by atoms with Crippen molar-refractivity contribution in [2.24, 2.45) is 5.73 Å². The number of phosphoric acid groups is 1. The Morgan fingerprint density at radius 3 is 1.64 bits per heavy atom. The van der Waals surface area contributed by atoms with Gasteiger partial charge in [-0.25, -0.2) is 4.57 Å². The van der Waals surface area contributed by atoms with Crippen LogP contribution in [0.25, 0.3) is 0 Å². The third kappa shape index (κ3) is 30.8. The minimum absolute atomic E-state index is 0.0548. The second-order valence-corrected chi connectivity index (χ2v) is 13.2. The summed E-state index contributed by atoms with van der Waals surface area (Å²) >= 11 is 0. The number of rotatable bonds is 33. The van der Waals surface area contributed by atoms with Crippen LogP contribution in [-0.2, 0) is 32.7 Å². The SMILES string of the molecule is CCCCCC/C=C/CCCCCCCCCC(=O)O[C@H](COC(=O)CCCCCCCCCC)COP(=O)(O)OCCN. The fourth-order valence-electron chi connectivity index (χ4n) is 4.74. The van der Waals surface area contributed by atoms with Crippen LogP contribution in [-0.4, -0.2) is 49.3 Å². The summed E-state index contributed by atoms with van der Waals surface area (Å²) in [4.78, 5) is 34.5. The Hall–Kier alpha value is -1.25. The van der Waals surface area contributed by atoms with Gasteiger partial charge in [0.25, 0.3) is 0 Å². The van der Waals surface area contributed by atoms with Gasteiger partial charge in [-0.15, -0.1) is 0 Å². The fourth-order valence-corrected chi connectivity index (χ4v) is 5.51. The number of nitrogens with two attached hydrogens (primary N) is 1. The lowest BCUT2D eigenvalue weighted by Crippen LogP contribution is -2.29. The predicted molar refractivity (Wildman–Crippen MR) is 178 cm³/mol. The average molecular weight is 648 g/mol. The van der Waals surface area contributed by atoms with E-state index in [4.69, 9.17) is 24.3 Å². The van der Waals surface area contributed by atoms with Crippen LogP contribution in [0, 0.1) is 0 Å². The van der Waals surface area contributed by atoms with Gasteiger partial charge in [0.1, 0.15) is 6.61 Å². The summed E-state index contributed by atoms with van der Waals surface area (Å²) in [6.07, 6.45) is 28.2. The van der Waals surface area contributed by atoms with Gasteiger partial charge in [0.05, 0.1) is 13.2 Å². The molecule has 3 N–H and O–H groups in total. The summed E-state index contributed by atoms with van der Waals surface area (Å²) in [5.41, 5.74) is 5.31. The Kier molecular flexibility index (Phi) is 30.8. The van der Waals surface area contributed by atoms with Crippen LogP contribution < -0.4 is 5.73 Å². The second kappa shape index (κ2) is 31.7. The molecule has 0 aromatic heterocycles. The zero-order valence-corrected chi connectivity index (χ0v) is 29.0. The largest absolute Gasteiger partial charge is 0.472 e. The topological polar surface area (TPSA) is 134 Å². The number of carbonyl (C=O) groups is 2. The molecule has 0 aromatic rings. The lowest BCUT2D eigenvalue weighted by Gasteiger charge is -2.19. The standard InChI is InChI=1S/C34H66NO8P/c1-3-5-7-9-11-13-14-15-16-17-18-19-21-23-25-27-34(37)43-32(31-42-44(38,39)41-29-28-35)30-40-33(36)26-24-22-20-12-10-8-6-4-2/h13-14,32H,3-12,15-31,35H2,1-2H3,(H,38,39)/b14-13+/t32-/m1/s1. The smallest absolute Gasteiger partial charge is 0.462 e. The van der Waals surface area contributed by atoms with E-state index in [9.17, 15) is 19.0 Å². The van der Waals surface area contributed by atoms with Gasteiger partial charge in [0, 0.05) is 19.4 Å². The van der Waals surface area contributed by atoms with E-state index in [1.165, 1.54) is 83.5 Å². The van der Waals surface area contributed by atoms with Gasteiger partial charge in [-0.05, 0) is 38.5 Å². The molecule has 44 heavy (non-hydrogen) atoms. The fraction of sp³-hybridized carbons (Fsp3) is 0.882. The van der Waals surface area contributed by atoms with E-state index in [0.29, 0.717) is 6.42 Å². The molecule has 0 aliphatic carbocycles. The first-order valence-electron chi connectivity index (χ1n) is 17.7. The Balaban J connectivity index is 4.23. The van der Waals surface area contributed by atoms with Crippen molar-refractivity contribution in [3.8, 4) is 0 Å². The van der Waals surface area contributed by atoms with Gasteiger partial charge in [-0.1, -0.05) is 122 Å². The number of carbonyl (C=O) groups excluding carboxylic acids is 2. The molecule has 0 aliphatic heterocycles. The molecule has 1 unspecified atom stereocenters. The molecule has 0 aliphatic rings. The van der Waals surface area contributed by atoms with Crippen molar-refractivity contribution < 1.29 is 37.6 Å². The van der Waals surface area contributed by atoms with Gasteiger partial charge < -0.3 is 20.1 Å². The first kappa shape index (κ1) is 42.8. The third-order valence-corrected chi connectivity index (χ3v) is 8.39. The number of ether oxygens (including phenoxy) is 2. The van der Waals surface area contributed by atoms with Gasteiger partial charge in [0.15, 0.2) is 6.10 Å². The van der Waals surface area contributed by atoms with Crippen molar-refractivity contribution in [3.63, 3.8) is 0 Å². The van der Waals surface area contributed by atoms with Gasteiger partial charge in [-0.3, -0.25) is 18.6 Å². The first-order chi connectivity index (χ1) is 21.3. The van der Waals surface area contributed by atoms with Gasteiger partial charge in [-0.2, -0.15) is 0 Å². The number of hydrogen-bond acceptors (Lipinski definition) is 8. The first-order valence-corrected chi connectivity index (χ1v) is 19.2. The number of phosphoric ester groups is 1. The van der Waals surface area contributed by atoms with Gasteiger partial charge in [0.2, 0.25) is 0 Å². The van der Waals surface area contributed by atoms with E-state index in [0.717, 1.165) is 44.9 Å². The molecule has 0 radical (unpaired) electrons. The van der Waals surface area contributed by atoms with Crippen LogP contribution in [0.4, 0.5) is 0 Å². The highest BCUT2D eigenvalue weighted by molar-refractivity contribution is 7.47. The Labute approximate surface area is 269 Å². The van der Waals surface area contributed by atoms with Crippen LogP contribution in [0.2, 0.25) is 0 Å². The normalized spacial score (nSPS) is 13.6. The monoisotopic (exact) mass is 647 g/mol. The maximum absolute atomic E-state index is 12.5. The zero-order valence-electron chi connectivity index (χ0n) is 28.2. The van der Waals surface area contributed by atoms with Crippen molar-refractivity contribution in [2.45, 2.75) is 168 Å². The summed E-state index contributed by atoms with van der Waals surface area (Å²) in [7, 11) is -4.36. The van der Waals surface area contributed by atoms with Crippen LogP contribution in [0.15, 0.2) is 12.2 Å². The molecule has 0 bridgehead atoms. The van der Waals surface area contributed by atoms with E-state index in [1.54, 1.807) is 0 Å². The minimum atomic E-state index is -4.36. The van der Waals surface area contributed by atoms with Crippen molar-refractivity contribution >= 4 is 19.8 Å². The van der Waals surface area contributed by atoms with Crippen molar-refractivity contribution in [2.75, 3.05) is 26.4 Å². The van der Waals surface area contributed by atoms with Gasteiger partial charge >= 0.3 is 19.8 Å². The molecular weight excluding hydrogens is 581 g/mol. The van der Waals surface area contributed by atoms with E-state index in [-0.39, 0.29) is 38.6 Å². The summed E-state index contributed by atoms with van der Waals surface area (Å²) in [6.45, 7) is 3.67. The van der Waals surface area contributed by atoms with Crippen molar-refractivity contribution in [3.05, 3.63) is 12.2 Å². The van der Waals surface area contributed by atoms with Crippen molar-refractivity contribution in [1.82, 2.24) is 0 Å². The molecule has 0 fully saturated rings. The summed E-state index contributed by atoms with van der Waals surface area (Å²) < 4.78 is 32.5. The molecule has 0 saturated heterocycles. The molecule has 0 heterocycles. The highest BCUT2D eigenvalue weighted by Crippen LogP contribution is 2.43. The molecule has 0 saturated carbocycles. The number of esters is 2. The summed E-state index contributed by atoms with van der Waals surface area (Å²) in [5, 5.41) is 0. The highest BCUT2D eigenvalue weighted by Gasteiger charge is 2.25. The lowest BCUT2D eigenvalue weighted by molar-refractivity contribution is -0.161. The van der Waals surface area contributed by atoms with Crippen molar-refractivity contribution in [1.29, 1.82) is 0 Å². The van der Waals surface area contributed by atoms with E-state index < -0.39 is 26.5 Å². The summed E-state index contributed by atoms with van der Waals surface area (Å²) in [5.74, 6) is -0.836. The molecule has 260 valence electrons. The second-order valence-electron chi connectivity index (χ2n) is 11.7. The quantitative estimate of drug-likeness (QED) is 0.0309. The Morgan fingerprint density at radius 2 is 1.11 bits per heavy atom. The minimum Gasteiger partial charge on any atom is -0.462 e. The van der Waals surface area contributed by atoms with Crippen LogP contribution in [0.1, 0.15) is 162 Å². The molecule has 0 aromatic carbocycles. The Bertz CT molecular complexity index is 749. The molecule has 0 spiro atoms. The molecule has 0 amide bonds. The molecule has 9 nitrogen and oxygen atoms in total. The third-order valence-electron chi connectivity index (χ3n) is 7.40. The molecular formula is C34H66NO8P. The maximum atomic E-state index is 12.5. The highest BCUT2D eigenvalue weighted by atomic mass is 31.2. The molecule has 0 rings (SSSR count). The van der Waals surface area contributed by atoms with E-state index in [1.807, 2.05) is 0 Å². The lowest BCUT2D eigenvalue weighted by atomic mass is 10.1. The van der Waals surface area contributed by atoms with Crippen LogP contribution in [0.5, 0.6) is 0 Å². The van der Waals surface area contributed by atoms with E-state index >= 15 is 0 Å².